The number of hydrogen-bond acceptors (Lipinski definition) is 6. The highest BCUT2D eigenvalue weighted by atomic mass is 35.5. The van der Waals surface area contributed by atoms with Gasteiger partial charge in [-0.05, 0) is 36.2 Å². The van der Waals surface area contributed by atoms with E-state index in [2.05, 4.69) is 20.8 Å². The molecule has 38 heavy (non-hydrogen) atoms. The molecule has 0 spiro atoms. The SMILES string of the molecule is CCS(=O)(=O)c1cc(C(F)(F)F)cnc1C(=O)Nc1c(Cl)cc(Cl)cc1C(=O)NN=Cc1ccccc1C. The average molecular weight is 587 g/mol. The largest absolute Gasteiger partial charge is 0.417 e. The van der Waals surface area contributed by atoms with Crippen LogP contribution in [-0.2, 0) is 16.0 Å². The summed E-state index contributed by atoms with van der Waals surface area (Å²) >= 11 is 12.2. The fourth-order valence-electron chi connectivity index (χ4n) is 3.17. The summed E-state index contributed by atoms with van der Waals surface area (Å²) in [6, 6.07) is 9.93. The molecular formula is C24H19Cl2F3N4O4S. The molecule has 0 atom stereocenters. The number of pyridine rings is 1. The van der Waals surface area contributed by atoms with Crippen molar-refractivity contribution in [2.45, 2.75) is 24.9 Å². The maximum atomic E-state index is 13.2. The number of rotatable bonds is 7. The van der Waals surface area contributed by atoms with E-state index in [0.717, 1.165) is 11.1 Å². The van der Waals surface area contributed by atoms with Gasteiger partial charge in [-0.2, -0.15) is 18.3 Å². The molecule has 0 fully saturated rings. The van der Waals surface area contributed by atoms with E-state index >= 15 is 0 Å². The highest BCUT2D eigenvalue weighted by Gasteiger charge is 2.34. The maximum absolute atomic E-state index is 13.2. The zero-order valence-corrected chi connectivity index (χ0v) is 22.1. The number of anilines is 1. The van der Waals surface area contributed by atoms with Crippen molar-refractivity contribution in [2.24, 2.45) is 5.10 Å². The Bertz CT molecular complexity index is 1540. The smallest absolute Gasteiger partial charge is 0.319 e. The molecule has 1 heterocycles. The van der Waals surface area contributed by atoms with Crippen molar-refractivity contribution in [3.05, 3.63) is 86.7 Å². The van der Waals surface area contributed by atoms with Crippen molar-refractivity contribution in [3.8, 4) is 0 Å². The Morgan fingerprint density at radius 2 is 1.79 bits per heavy atom. The van der Waals surface area contributed by atoms with Gasteiger partial charge < -0.3 is 5.32 Å². The number of hydrogen-bond donors (Lipinski definition) is 2. The molecule has 2 aromatic carbocycles. The zero-order chi connectivity index (χ0) is 28.3. The zero-order valence-electron chi connectivity index (χ0n) is 19.7. The van der Waals surface area contributed by atoms with Gasteiger partial charge in [-0.1, -0.05) is 54.4 Å². The maximum Gasteiger partial charge on any atom is 0.417 e. The molecule has 1 aromatic heterocycles. The second kappa shape index (κ2) is 11.5. The van der Waals surface area contributed by atoms with Crippen LogP contribution in [0, 0.1) is 6.92 Å². The molecule has 0 unspecified atom stereocenters. The van der Waals surface area contributed by atoms with Gasteiger partial charge in [0.2, 0.25) is 0 Å². The van der Waals surface area contributed by atoms with E-state index in [-0.39, 0.29) is 21.3 Å². The van der Waals surface area contributed by atoms with E-state index in [1.165, 1.54) is 25.3 Å². The normalized spacial score (nSPS) is 12.0. The Balaban J connectivity index is 1.98. The lowest BCUT2D eigenvalue weighted by atomic mass is 10.1. The van der Waals surface area contributed by atoms with Crippen molar-refractivity contribution >= 4 is 56.8 Å². The summed E-state index contributed by atoms with van der Waals surface area (Å²) in [5.74, 6) is -2.64. The number of aryl methyl sites for hydroxylation is 1. The van der Waals surface area contributed by atoms with Crippen molar-refractivity contribution in [1.82, 2.24) is 10.4 Å². The van der Waals surface area contributed by atoms with Gasteiger partial charge >= 0.3 is 6.18 Å². The lowest BCUT2D eigenvalue weighted by molar-refractivity contribution is -0.138. The summed E-state index contributed by atoms with van der Waals surface area (Å²) < 4.78 is 64.5. The van der Waals surface area contributed by atoms with Gasteiger partial charge in [0.25, 0.3) is 11.8 Å². The second-order valence-electron chi connectivity index (χ2n) is 7.79. The molecule has 14 heteroatoms. The molecule has 0 radical (unpaired) electrons. The number of amides is 2. The lowest BCUT2D eigenvalue weighted by Crippen LogP contribution is -2.24. The molecule has 8 nitrogen and oxygen atoms in total. The summed E-state index contributed by atoms with van der Waals surface area (Å²) in [5.41, 5.74) is 1.20. The van der Waals surface area contributed by atoms with Crippen LogP contribution < -0.4 is 10.7 Å². The molecule has 0 aliphatic heterocycles. The van der Waals surface area contributed by atoms with Crippen LogP contribution in [0.3, 0.4) is 0 Å². The van der Waals surface area contributed by atoms with E-state index in [4.69, 9.17) is 23.2 Å². The Labute approximate surface area is 225 Å². The van der Waals surface area contributed by atoms with E-state index in [1.807, 2.05) is 19.1 Å². The number of nitrogens with zero attached hydrogens (tertiary/aromatic N) is 2. The third-order valence-corrected chi connectivity index (χ3v) is 7.46. The van der Waals surface area contributed by atoms with Gasteiger partial charge in [0, 0.05) is 11.2 Å². The predicted octanol–water partition coefficient (Wildman–Crippen LogP) is 5.53. The molecule has 0 bridgehead atoms. The van der Waals surface area contributed by atoms with Crippen molar-refractivity contribution in [1.29, 1.82) is 0 Å². The van der Waals surface area contributed by atoms with Crippen LogP contribution in [0.25, 0.3) is 0 Å². The number of nitrogens with one attached hydrogen (secondary N) is 2. The van der Waals surface area contributed by atoms with E-state index in [9.17, 15) is 31.2 Å². The van der Waals surface area contributed by atoms with Gasteiger partial charge in [0.05, 0.1) is 38.7 Å². The highest BCUT2D eigenvalue weighted by Crippen LogP contribution is 2.33. The molecule has 0 aliphatic carbocycles. The fraction of sp³-hybridized carbons (Fsp3) is 0.167. The third kappa shape index (κ3) is 6.69. The van der Waals surface area contributed by atoms with Crippen LogP contribution in [0.15, 0.2) is 58.7 Å². The molecule has 200 valence electrons. The number of aromatic nitrogens is 1. The third-order valence-electron chi connectivity index (χ3n) is 5.21. The summed E-state index contributed by atoms with van der Waals surface area (Å²) in [5, 5.41) is 5.98. The highest BCUT2D eigenvalue weighted by molar-refractivity contribution is 7.91. The van der Waals surface area contributed by atoms with Crippen LogP contribution in [0.1, 0.15) is 44.5 Å². The molecule has 0 saturated heterocycles. The first kappa shape index (κ1) is 29.1. The quantitative estimate of drug-likeness (QED) is 0.279. The van der Waals surface area contributed by atoms with Crippen LogP contribution in [0.5, 0.6) is 0 Å². The second-order valence-corrected chi connectivity index (χ2v) is 10.9. The number of benzene rings is 2. The lowest BCUT2D eigenvalue weighted by Gasteiger charge is -2.15. The Kier molecular flexibility index (Phi) is 8.80. The van der Waals surface area contributed by atoms with E-state index in [1.54, 1.807) is 12.1 Å². The topological polar surface area (TPSA) is 118 Å². The van der Waals surface area contributed by atoms with Gasteiger partial charge in [-0.15, -0.1) is 0 Å². The first-order valence-electron chi connectivity index (χ1n) is 10.7. The standard InChI is InChI=1S/C24H19Cl2F3N4O4S/c1-3-38(36,37)19-8-15(24(27,28)29)12-30-21(19)23(35)32-20-17(9-16(25)10-18(20)26)22(34)33-31-11-14-7-5-4-6-13(14)2/h4-12H,3H2,1-2H3,(H,32,35)(H,33,34). The van der Waals surface area contributed by atoms with E-state index in [0.29, 0.717) is 12.3 Å². The van der Waals surface area contributed by atoms with Crippen LogP contribution >= 0.6 is 23.2 Å². The Hall–Kier alpha value is -3.48. The summed E-state index contributed by atoms with van der Waals surface area (Å²) in [6.45, 7) is 3.04. The number of halogens is 5. The van der Waals surface area contributed by atoms with Crippen molar-refractivity contribution in [3.63, 3.8) is 0 Å². The van der Waals surface area contributed by atoms with Gasteiger partial charge in [-0.25, -0.2) is 18.8 Å². The monoisotopic (exact) mass is 586 g/mol. The number of sulfone groups is 1. The Morgan fingerprint density at radius 3 is 2.42 bits per heavy atom. The first-order chi connectivity index (χ1) is 17.7. The molecule has 0 aliphatic rings. The van der Waals surface area contributed by atoms with Crippen LogP contribution in [-0.4, -0.2) is 37.2 Å². The molecule has 2 amide bonds. The minimum atomic E-state index is -4.90. The number of hydrazone groups is 1. The molecular weight excluding hydrogens is 568 g/mol. The molecule has 3 rings (SSSR count). The van der Waals surface area contributed by atoms with Crippen LogP contribution in [0.2, 0.25) is 10.0 Å². The van der Waals surface area contributed by atoms with Crippen molar-refractivity contribution in [2.75, 3.05) is 11.1 Å². The summed E-state index contributed by atoms with van der Waals surface area (Å²) in [4.78, 5) is 28.4. The fourth-order valence-corrected chi connectivity index (χ4v) is 4.77. The minimum Gasteiger partial charge on any atom is -0.319 e. The molecule has 2 N–H and O–H groups in total. The Morgan fingerprint density at radius 1 is 1.11 bits per heavy atom. The predicted molar refractivity (Wildman–Crippen MR) is 138 cm³/mol. The summed E-state index contributed by atoms with van der Waals surface area (Å²) in [6.07, 6.45) is -3.17. The summed E-state index contributed by atoms with van der Waals surface area (Å²) in [7, 11) is -4.31. The number of carbonyl (C=O) groups excluding carboxylic acids is 2. The van der Waals surface area contributed by atoms with Crippen LogP contribution in [0.4, 0.5) is 18.9 Å². The van der Waals surface area contributed by atoms with Gasteiger partial charge in [-0.3, -0.25) is 9.59 Å². The van der Waals surface area contributed by atoms with E-state index < -0.39 is 49.7 Å². The number of carbonyl (C=O) groups is 2. The van der Waals surface area contributed by atoms with Crippen molar-refractivity contribution < 1.29 is 31.2 Å². The molecule has 0 saturated carbocycles. The van der Waals surface area contributed by atoms with Gasteiger partial charge in [0.15, 0.2) is 9.84 Å². The molecule has 3 aromatic rings. The minimum absolute atomic E-state index is 0.0305. The van der Waals surface area contributed by atoms with Gasteiger partial charge in [0.1, 0.15) is 5.69 Å². The first-order valence-corrected chi connectivity index (χ1v) is 13.1. The average Bonchev–Trinajstić information content (AvgIpc) is 2.85. The number of alkyl halides is 3.